The van der Waals surface area contributed by atoms with Gasteiger partial charge in [0, 0.05) is 4.88 Å². The molecular weight excluding hydrogens is 448 g/mol. The summed E-state index contributed by atoms with van der Waals surface area (Å²) in [5, 5.41) is 0. The molecule has 2 aromatic heterocycles. The molecule has 0 radical (unpaired) electrons. The Morgan fingerprint density at radius 1 is 1.07 bits per heavy atom. The number of nitrogens with zero attached hydrogens (tertiary/aromatic N) is 2. The van der Waals surface area contributed by atoms with Gasteiger partial charge in [-0.2, -0.15) is 4.99 Å². The van der Waals surface area contributed by atoms with E-state index in [1.54, 1.807) is 48.7 Å². The highest BCUT2D eigenvalue weighted by Gasteiger charge is 2.15. The van der Waals surface area contributed by atoms with Crippen LogP contribution in [0.15, 0.2) is 35.3 Å². The molecule has 3 rings (SSSR count). The summed E-state index contributed by atoms with van der Waals surface area (Å²) in [7, 11) is 0. The highest BCUT2D eigenvalue weighted by molar-refractivity contribution is 7.16. The molecule has 1 amide bonds. The standard InChI is InChI=1S/C20H19ClN2O5S2/c1-3-27-18(25)11-23-14-7-5-12(19(26)28-4-2)9-15(14)30-20(23)22-17(24)10-13-6-8-16(21)29-13/h5-9H,3-4,10-11H2,1-2H3. The van der Waals surface area contributed by atoms with Crippen LogP contribution in [0.5, 0.6) is 0 Å². The smallest absolute Gasteiger partial charge is 0.338 e. The van der Waals surface area contributed by atoms with Gasteiger partial charge in [0.1, 0.15) is 6.54 Å². The van der Waals surface area contributed by atoms with Crippen LogP contribution in [0.25, 0.3) is 10.2 Å². The zero-order valence-electron chi connectivity index (χ0n) is 16.3. The number of thiophene rings is 1. The van der Waals surface area contributed by atoms with E-state index in [0.717, 1.165) is 4.88 Å². The van der Waals surface area contributed by atoms with Crippen molar-refractivity contribution in [3.05, 3.63) is 49.9 Å². The molecule has 7 nitrogen and oxygen atoms in total. The van der Waals surface area contributed by atoms with Crippen LogP contribution in [0.4, 0.5) is 0 Å². The molecular formula is C20H19ClN2O5S2. The van der Waals surface area contributed by atoms with Crippen LogP contribution in [0.3, 0.4) is 0 Å². The first kappa shape index (κ1) is 22.2. The van der Waals surface area contributed by atoms with Crippen LogP contribution in [0, 0.1) is 0 Å². The van der Waals surface area contributed by atoms with E-state index < -0.39 is 11.9 Å². The van der Waals surface area contributed by atoms with Gasteiger partial charge in [-0.1, -0.05) is 22.9 Å². The van der Waals surface area contributed by atoms with Crippen molar-refractivity contribution in [2.45, 2.75) is 26.8 Å². The van der Waals surface area contributed by atoms with Crippen molar-refractivity contribution in [2.24, 2.45) is 4.99 Å². The van der Waals surface area contributed by atoms with E-state index in [-0.39, 0.29) is 32.1 Å². The summed E-state index contributed by atoms with van der Waals surface area (Å²) in [6, 6.07) is 8.51. The molecule has 0 aliphatic heterocycles. The molecule has 0 spiro atoms. The second kappa shape index (κ2) is 10.0. The number of hydrogen-bond acceptors (Lipinski definition) is 7. The van der Waals surface area contributed by atoms with Crippen molar-refractivity contribution in [1.29, 1.82) is 0 Å². The Labute approximate surface area is 185 Å². The normalized spacial score (nSPS) is 11.6. The number of ether oxygens (including phenoxy) is 2. The van der Waals surface area contributed by atoms with Gasteiger partial charge in [0.2, 0.25) is 0 Å². The maximum atomic E-state index is 12.5. The number of benzene rings is 1. The number of rotatable bonds is 7. The van der Waals surface area contributed by atoms with Gasteiger partial charge in [-0.3, -0.25) is 9.59 Å². The summed E-state index contributed by atoms with van der Waals surface area (Å²) in [5.74, 6) is -1.23. The van der Waals surface area contributed by atoms with Crippen molar-refractivity contribution in [3.8, 4) is 0 Å². The summed E-state index contributed by atoms with van der Waals surface area (Å²) in [4.78, 5) is 42.0. The van der Waals surface area contributed by atoms with Crippen molar-refractivity contribution in [1.82, 2.24) is 4.57 Å². The summed E-state index contributed by atoms with van der Waals surface area (Å²) in [5.41, 5.74) is 1.06. The molecule has 0 saturated carbocycles. The molecule has 0 bridgehead atoms. The molecule has 0 fully saturated rings. The summed E-state index contributed by atoms with van der Waals surface area (Å²) >= 11 is 8.45. The van der Waals surface area contributed by atoms with Crippen molar-refractivity contribution >= 4 is 62.3 Å². The molecule has 3 aromatic rings. The Bertz CT molecular complexity index is 1160. The monoisotopic (exact) mass is 466 g/mol. The van der Waals surface area contributed by atoms with Crippen LogP contribution < -0.4 is 4.80 Å². The van der Waals surface area contributed by atoms with E-state index in [2.05, 4.69) is 4.99 Å². The minimum atomic E-state index is -0.439. The van der Waals surface area contributed by atoms with E-state index in [0.29, 0.717) is 24.9 Å². The van der Waals surface area contributed by atoms with Crippen molar-refractivity contribution in [2.75, 3.05) is 13.2 Å². The lowest BCUT2D eigenvalue weighted by molar-refractivity contribution is -0.143. The maximum Gasteiger partial charge on any atom is 0.338 e. The summed E-state index contributed by atoms with van der Waals surface area (Å²) < 4.78 is 13.0. The molecule has 0 unspecified atom stereocenters. The lowest BCUT2D eigenvalue weighted by atomic mass is 10.2. The summed E-state index contributed by atoms with van der Waals surface area (Å²) in [6.45, 7) is 3.88. The van der Waals surface area contributed by atoms with Gasteiger partial charge in [-0.15, -0.1) is 11.3 Å². The minimum Gasteiger partial charge on any atom is -0.465 e. The average Bonchev–Trinajstić information content (AvgIpc) is 3.24. The third-order valence-corrected chi connectivity index (χ3v) is 6.23. The minimum absolute atomic E-state index is 0.0937. The Balaban J connectivity index is 2.01. The van der Waals surface area contributed by atoms with E-state index in [1.807, 2.05) is 0 Å². The Morgan fingerprint density at radius 2 is 1.83 bits per heavy atom. The highest BCUT2D eigenvalue weighted by atomic mass is 35.5. The largest absolute Gasteiger partial charge is 0.465 e. The molecule has 2 heterocycles. The van der Waals surface area contributed by atoms with E-state index in [4.69, 9.17) is 21.1 Å². The first-order valence-corrected chi connectivity index (χ1v) is 11.2. The number of carbonyl (C=O) groups excluding carboxylic acids is 3. The highest BCUT2D eigenvalue weighted by Crippen LogP contribution is 2.23. The molecule has 0 aliphatic carbocycles. The number of fused-ring (bicyclic) bond motifs is 1. The van der Waals surface area contributed by atoms with Gasteiger partial charge in [-0.25, -0.2) is 4.79 Å². The molecule has 0 N–H and O–H groups in total. The first-order valence-electron chi connectivity index (χ1n) is 9.19. The van der Waals surface area contributed by atoms with Crippen LogP contribution in [0.1, 0.15) is 29.1 Å². The molecule has 0 aliphatic rings. The predicted octanol–water partition coefficient (Wildman–Crippen LogP) is 3.83. The quantitative estimate of drug-likeness (QED) is 0.494. The topological polar surface area (TPSA) is 87.0 Å². The second-order valence-electron chi connectivity index (χ2n) is 6.07. The number of aromatic nitrogens is 1. The van der Waals surface area contributed by atoms with Crippen LogP contribution in [-0.4, -0.2) is 35.6 Å². The number of amides is 1. The third-order valence-electron chi connectivity index (χ3n) is 3.96. The number of esters is 2. The maximum absolute atomic E-state index is 12.5. The van der Waals surface area contributed by atoms with E-state index >= 15 is 0 Å². The zero-order chi connectivity index (χ0) is 21.7. The number of halogens is 1. The van der Waals surface area contributed by atoms with E-state index in [1.165, 1.54) is 22.7 Å². The second-order valence-corrected chi connectivity index (χ2v) is 8.88. The zero-order valence-corrected chi connectivity index (χ0v) is 18.7. The average molecular weight is 467 g/mol. The SMILES string of the molecule is CCOC(=O)Cn1c(=NC(=O)Cc2ccc(Cl)s2)sc2cc(C(=O)OCC)ccc21. The van der Waals surface area contributed by atoms with Gasteiger partial charge >= 0.3 is 11.9 Å². The predicted molar refractivity (Wildman–Crippen MR) is 116 cm³/mol. The number of thiazole rings is 1. The number of carbonyl (C=O) groups is 3. The third kappa shape index (κ3) is 5.35. The van der Waals surface area contributed by atoms with Gasteiger partial charge in [0.15, 0.2) is 4.80 Å². The van der Waals surface area contributed by atoms with Gasteiger partial charge in [0.25, 0.3) is 5.91 Å². The Kier molecular flexibility index (Phi) is 7.41. The first-order chi connectivity index (χ1) is 14.4. The molecule has 30 heavy (non-hydrogen) atoms. The molecule has 10 heteroatoms. The van der Waals surface area contributed by atoms with Gasteiger partial charge in [-0.05, 0) is 44.2 Å². The van der Waals surface area contributed by atoms with E-state index in [9.17, 15) is 14.4 Å². The number of hydrogen-bond donors (Lipinski definition) is 0. The van der Waals surface area contributed by atoms with Crippen LogP contribution >= 0.6 is 34.3 Å². The fourth-order valence-corrected chi connectivity index (χ4v) is 4.89. The van der Waals surface area contributed by atoms with Crippen LogP contribution in [0.2, 0.25) is 4.34 Å². The fourth-order valence-electron chi connectivity index (χ4n) is 2.73. The molecule has 0 atom stereocenters. The molecule has 0 saturated heterocycles. The lowest BCUT2D eigenvalue weighted by Crippen LogP contribution is -2.23. The Morgan fingerprint density at radius 3 is 2.50 bits per heavy atom. The lowest BCUT2D eigenvalue weighted by Gasteiger charge is -2.06. The fraction of sp³-hybridized carbons (Fsp3) is 0.300. The van der Waals surface area contributed by atoms with Crippen molar-refractivity contribution < 1.29 is 23.9 Å². The van der Waals surface area contributed by atoms with Gasteiger partial charge in [0.05, 0.1) is 39.8 Å². The molecule has 158 valence electrons. The molecule has 1 aromatic carbocycles. The van der Waals surface area contributed by atoms with Crippen molar-refractivity contribution in [3.63, 3.8) is 0 Å². The van der Waals surface area contributed by atoms with Gasteiger partial charge < -0.3 is 14.0 Å². The van der Waals surface area contributed by atoms with Crippen LogP contribution in [-0.2, 0) is 32.0 Å². The summed E-state index contributed by atoms with van der Waals surface area (Å²) in [6.07, 6.45) is 0.110. The Hall–Kier alpha value is -2.49.